The number of nitrogens with zero attached hydrogens (tertiary/aromatic N) is 4. The van der Waals surface area contributed by atoms with Gasteiger partial charge in [-0.05, 0) is 36.8 Å². The number of amides is 4. The highest BCUT2D eigenvalue weighted by molar-refractivity contribution is 6.44. The standard InChI is InChI=1S/C21H17FN4O3/c1-14(15-6-3-2-4-7-15)26-20(28)19(27)24(21(26)29)13-17-10-11-25(23-17)18-9-5-8-16(22)12-18/h2-12,14H,13H2,1H3/t14-/m1/s1. The molecule has 0 saturated carbocycles. The molecule has 2 aromatic carbocycles. The molecule has 0 N–H and O–H groups in total. The van der Waals surface area contributed by atoms with Gasteiger partial charge < -0.3 is 0 Å². The first-order valence-electron chi connectivity index (χ1n) is 9.00. The van der Waals surface area contributed by atoms with Gasteiger partial charge in [-0.3, -0.25) is 9.59 Å². The summed E-state index contributed by atoms with van der Waals surface area (Å²) in [4.78, 5) is 39.5. The molecule has 4 amide bonds. The third kappa shape index (κ3) is 3.40. The Labute approximate surface area is 166 Å². The Morgan fingerprint density at radius 1 is 0.966 bits per heavy atom. The quantitative estimate of drug-likeness (QED) is 0.494. The summed E-state index contributed by atoms with van der Waals surface area (Å²) in [6.45, 7) is 1.55. The number of hydrogen-bond acceptors (Lipinski definition) is 4. The SMILES string of the molecule is C[C@H](c1ccccc1)N1C(=O)C(=O)N(Cc2ccn(-c3cccc(F)c3)n2)C1=O. The van der Waals surface area contributed by atoms with Crippen LogP contribution in [-0.2, 0) is 16.1 Å². The molecule has 2 heterocycles. The second-order valence-electron chi connectivity index (χ2n) is 6.67. The van der Waals surface area contributed by atoms with Crippen LogP contribution in [0.3, 0.4) is 0 Å². The molecule has 146 valence electrons. The van der Waals surface area contributed by atoms with Gasteiger partial charge in [0.05, 0.1) is 24.0 Å². The molecule has 4 rings (SSSR count). The summed E-state index contributed by atoms with van der Waals surface area (Å²) in [5, 5.41) is 4.28. The maximum atomic E-state index is 13.4. The second kappa shape index (κ2) is 7.31. The maximum absolute atomic E-state index is 13.4. The van der Waals surface area contributed by atoms with E-state index >= 15 is 0 Å². The van der Waals surface area contributed by atoms with Crippen molar-refractivity contribution in [2.45, 2.75) is 19.5 Å². The van der Waals surface area contributed by atoms with Gasteiger partial charge in [-0.25, -0.2) is 23.7 Å². The van der Waals surface area contributed by atoms with Crippen LogP contribution in [0.4, 0.5) is 9.18 Å². The predicted molar refractivity (Wildman–Crippen MR) is 101 cm³/mol. The molecule has 0 aliphatic carbocycles. The molecule has 1 fully saturated rings. The van der Waals surface area contributed by atoms with Crippen LogP contribution in [0.1, 0.15) is 24.2 Å². The number of imide groups is 2. The molecule has 1 aliphatic rings. The first-order valence-corrected chi connectivity index (χ1v) is 9.00. The Balaban J connectivity index is 1.55. The highest BCUT2D eigenvalue weighted by atomic mass is 19.1. The number of hydrogen-bond donors (Lipinski definition) is 0. The molecule has 0 spiro atoms. The Hall–Kier alpha value is -3.81. The average Bonchev–Trinajstić information content (AvgIpc) is 3.28. The Bertz CT molecular complexity index is 1100. The smallest absolute Gasteiger partial charge is 0.263 e. The predicted octanol–water partition coefficient (Wildman–Crippen LogP) is 3.06. The summed E-state index contributed by atoms with van der Waals surface area (Å²) in [5.74, 6) is -2.16. The van der Waals surface area contributed by atoms with Gasteiger partial charge >= 0.3 is 17.8 Å². The number of benzene rings is 2. The topological polar surface area (TPSA) is 75.5 Å². The first-order chi connectivity index (χ1) is 14.0. The van der Waals surface area contributed by atoms with Crippen LogP contribution in [0.2, 0.25) is 0 Å². The van der Waals surface area contributed by atoms with Crippen molar-refractivity contribution in [2.75, 3.05) is 0 Å². The zero-order valence-electron chi connectivity index (χ0n) is 15.5. The van der Waals surface area contributed by atoms with E-state index in [1.807, 2.05) is 6.07 Å². The fraction of sp³-hybridized carbons (Fsp3) is 0.143. The lowest BCUT2D eigenvalue weighted by Gasteiger charge is -2.22. The van der Waals surface area contributed by atoms with Gasteiger partial charge in [0.15, 0.2) is 0 Å². The van der Waals surface area contributed by atoms with E-state index in [2.05, 4.69) is 5.10 Å². The zero-order valence-corrected chi connectivity index (χ0v) is 15.5. The molecule has 1 aromatic heterocycles. The van der Waals surface area contributed by atoms with Crippen LogP contribution in [0.15, 0.2) is 66.9 Å². The Morgan fingerprint density at radius 3 is 2.45 bits per heavy atom. The maximum Gasteiger partial charge on any atom is 0.335 e. The second-order valence-corrected chi connectivity index (χ2v) is 6.67. The number of aromatic nitrogens is 2. The fourth-order valence-corrected chi connectivity index (χ4v) is 3.25. The van der Waals surface area contributed by atoms with E-state index in [9.17, 15) is 18.8 Å². The van der Waals surface area contributed by atoms with Crippen molar-refractivity contribution in [1.29, 1.82) is 0 Å². The van der Waals surface area contributed by atoms with Crippen molar-refractivity contribution in [1.82, 2.24) is 19.6 Å². The molecule has 29 heavy (non-hydrogen) atoms. The molecular weight excluding hydrogens is 375 g/mol. The molecule has 0 radical (unpaired) electrons. The molecule has 0 unspecified atom stereocenters. The van der Waals surface area contributed by atoms with E-state index in [0.717, 1.165) is 15.4 Å². The van der Waals surface area contributed by atoms with Gasteiger partial charge in [-0.15, -0.1) is 0 Å². The van der Waals surface area contributed by atoms with Crippen LogP contribution in [0.5, 0.6) is 0 Å². The number of rotatable bonds is 5. The van der Waals surface area contributed by atoms with Crippen molar-refractivity contribution < 1.29 is 18.8 Å². The van der Waals surface area contributed by atoms with Crippen LogP contribution in [-0.4, -0.2) is 37.4 Å². The minimum absolute atomic E-state index is 0.149. The van der Waals surface area contributed by atoms with Crippen molar-refractivity contribution in [3.8, 4) is 5.69 Å². The van der Waals surface area contributed by atoms with Gasteiger partial charge in [-0.2, -0.15) is 5.10 Å². The van der Waals surface area contributed by atoms with Crippen LogP contribution < -0.4 is 0 Å². The van der Waals surface area contributed by atoms with Crippen molar-refractivity contribution in [3.63, 3.8) is 0 Å². The summed E-state index contributed by atoms with van der Waals surface area (Å²) in [6, 6.07) is 15.2. The van der Waals surface area contributed by atoms with Gasteiger partial charge in [0, 0.05) is 6.20 Å². The summed E-state index contributed by atoms with van der Waals surface area (Å²) >= 11 is 0. The van der Waals surface area contributed by atoms with Crippen molar-refractivity contribution in [3.05, 3.63) is 83.9 Å². The van der Waals surface area contributed by atoms with E-state index in [1.54, 1.807) is 55.6 Å². The van der Waals surface area contributed by atoms with E-state index < -0.39 is 29.7 Å². The normalized spacial score (nSPS) is 15.3. The minimum Gasteiger partial charge on any atom is -0.263 e. The largest absolute Gasteiger partial charge is 0.335 e. The fourth-order valence-electron chi connectivity index (χ4n) is 3.25. The average molecular weight is 392 g/mol. The molecule has 1 atom stereocenters. The summed E-state index contributed by atoms with van der Waals surface area (Å²) in [7, 11) is 0. The minimum atomic E-state index is -0.891. The highest BCUT2D eigenvalue weighted by Crippen LogP contribution is 2.27. The molecule has 3 aromatic rings. The molecule has 7 nitrogen and oxygen atoms in total. The summed E-state index contributed by atoms with van der Waals surface area (Å²) < 4.78 is 14.8. The molecular formula is C21H17FN4O3. The van der Waals surface area contributed by atoms with E-state index in [0.29, 0.717) is 11.4 Å². The number of carbonyl (C=O) groups is 3. The van der Waals surface area contributed by atoms with E-state index in [-0.39, 0.29) is 6.54 Å². The zero-order chi connectivity index (χ0) is 20.5. The molecule has 8 heteroatoms. The number of carbonyl (C=O) groups excluding carboxylic acids is 3. The van der Waals surface area contributed by atoms with Crippen LogP contribution in [0.25, 0.3) is 5.69 Å². The van der Waals surface area contributed by atoms with Crippen LogP contribution >= 0.6 is 0 Å². The van der Waals surface area contributed by atoms with Crippen molar-refractivity contribution >= 4 is 17.8 Å². The van der Waals surface area contributed by atoms with E-state index in [4.69, 9.17) is 0 Å². The Kier molecular flexibility index (Phi) is 4.67. The number of halogens is 1. The lowest BCUT2D eigenvalue weighted by molar-refractivity contribution is -0.144. The van der Waals surface area contributed by atoms with E-state index in [1.165, 1.54) is 16.8 Å². The molecule has 1 saturated heterocycles. The van der Waals surface area contributed by atoms with Gasteiger partial charge in [0.2, 0.25) is 0 Å². The Morgan fingerprint density at radius 2 is 1.72 bits per heavy atom. The third-order valence-electron chi connectivity index (χ3n) is 4.79. The lowest BCUT2D eigenvalue weighted by atomic mass is 10.1. The molecule has 0 bridgehead atoms. The lowest BCUT2D eigenvalue weighted by Crippen LogP contribution is -2.35. The highest BCUT2D eigenvalue weighted by Gasteiger charge is 2.47. The third-order valence-corrected chi connectivity index (χ3v) is 4.79. The molecule has 1 aliphatic heterocycles. The first kappa shape index (κ1) is 18.5. The van der Waals surface area contributed by atoms with Crippen molar-refractivity contribution in [2.24, 2.45) is 0 Å². The number of urea groups is 1. The van der Waals surface area contributed by atoms with Gasteiger partial charge in [-0.1, -0.05) is 36.4 Å². The summed E-state index contributed by atoms with van der Waals surface area (Å²) in [5.41, 5.74) is 1.66. The van der Waals surface area contributed by atoms with Crippen LogP contribution in [0, 0.1) is 5.82 Å². The van der Waals surface area contributed by atoms with Gasteiger partial charge in [0.25, 0.3) is 0 Å². The van der Waals surface area contributed by atoms with Gasteiger partial charge in [0.1, 0.15) is 5.82 Å². The summed E-state index contributed by atoms with van der Waals surface area (Å²) in [6.07, 6.45) is 1.60. The monoisotopic (exact) mass is 392 g/mol.